The van der Waals surface area contributed by atoms with Crippen LogP contribution < -0.4 is 0 Å². The zero-order valence-electron chi connectivity index (χ0n) is 7.45. The molecule has 0 spiro atoms. The van der Waals surface area contributed by atoms with E-state index in [-0.39, 0.29) is 0 Å². The second-order valence-corrected chi connectivity index (χ2v) is 2.71. The molecule has 4 heteroatoms. The second-order valence-electron chi connectivity index (χ2n) is 2.71. The Labute approximate surface area is 76.0 Å². The Bertz CT molecular complexity index is 363. The van der Waals surface area contributed by atoms with Gasteiger partial charge in [-0.3, -0.25) is 4.98 Å². The van der Waals surface area contributed by atoms with Gasteiger partial charge in [0.1, 0.15) is 12.4 Å². The number of aromatic amines is 1. The monoisotopic (exact) mass is 177 g/mol. The first-order valence-electron chi connectivity index (χ1n) is 4.26. The Morgan fingerprint density at radius 3 is 3.23 bits per heavy atom. The molecule has 2 rings (SSSR count). The fourth-order valence-corrected chi connectivity index (χ4v) is 1.18. The van der Waals surface area contributed by atoms with E-state index in [1.165, 1.54) is 0 Å². The van der Waals surface area contributed by atoms with Crippen molar-refractivity contribution in [3.8, 4) is 0 Å². The molecule has 68 valence electrons. The van der Waals surface area contributed by atoms with Crippen molar-refractivity contribution in [3.05, 3.63) is 24.3 Å². The molecule has 0 aliphatic heterocycles. The predicted molar refractivity (Wildman–Crippen MR) is 49.2 cm³/mol. The Morgan fingerprint density at radius 2 is 2.46 bits per heavy atom. The van der Waals surface area contributed by atoms with Crippen LogP contribution in [0.2, 0.25) is 0 Å². The molecular formula is C9H11N3O. The predicted octanol–water partition coefficient (Wildman–Crippen LogP) is 1.49. The van der Waals surface area contributed by atoms with E-state index in [2.05, 4.69) is 15.0 Å². The van der Waals surface area contributed by atoms with Crippen molar-refractivity contribution >= 4 is 11.0 Å². The van der Waals surface area contributed by atoms with Gasteiger partial charge in [-0.1, -0.05) is 0 Å². The maximum absolute atomic E-state index is 5.23. The molecule has 2 heterocycles. The third-order valence-electron chi connectivity index (χ3n) is 1.78. The Morgan fingerprint density at radius 1 is 1.54 bits per heavy atom. The fourth-order valence-electron chi connectivity index (χ4n) is 1.18. The van der Waals surface area contributed by atoms with Crippen molar-refractivity contribution in [2.45, 2.75) is 13.5 Å². The molecule has 0 bridgehead atoms. The minimum Gasteiger partial charge on any atom is -0.374 e. The summed E-state index contributed by atoms with van der Waals surface area (Å²) in [6, 6.07) is 1.88. The van der Waals surface area contributed by atoms with E-state index >= 15 is 0 Å². The number of imidazole rings is 1. The summed E-state index contributed by atoms with van der Waals surface area (Å²) in [5.41, 5.74) is 1.89. The fraction of sp³-hybridized carbons (Fsp3) is 0.333. The number of hydrogen-bond acceptors (Lipinski definition) is 3. The van der Waals surface area contributed by atoms with Crippen molar-refractivity contribution in [2.24, 2.45) is 0 Å². The first-order chi connectivity index (χ1) is 6.40. The summed E-state index contributed by atoms with van der Waals surface area (Å²) in [5.74, 6) is 0.852. The summed E-state index contributed by atoms with van der Waals surface area (Å²) in [4.78, 5) is 11.5. The van der Waals surface area contributed by atoms with E-state index in [1.54, 1.807) is 12.4 Å². The Kier molecular flexibility index (Phi) is 2.23. The first-order valence-corrected chi connectivity index (χ1v) is 4.26. The molecular weight excluding hydrogens is 166 g/mol. The molecule has 0 fully saturated rings. The molecule has 1 N–H and O–H groups in total. The molecule has 13 heavy (non-hydrogen) atoms. The largest absolute Gasteiger partial charge is 0.374 e. The summed E-state index contributed by atoms with van der Waals surface area (Å²) >= 11 is 0. The van der Waals surface area contributed by atoms with Gasteiger partial charge in [0.15, 0.2) is 0 Å². The van der Waals surface area contributed by atoms with E-state index in [0.29, 0.717) is 13.2 Å². The van der Waals surface area contributed by atoms with Crippen LogP contribution in [-0.4, -0.2) is 21.6 Å². The highest BCUT2D eigenvalue weighted by Crippen LogP contribution is 2.08. The van der Waals surface area contributed by atoms with Crippen LogP contribution >= 0.6 is 0 Å². The number of hydrogen-bond donors (Lipinski definition) is 1. The van der Waals surface area contributed by atoms with Gasteiger partial charge in [-0.25, -0.2) is 4.98 Å². The average molecular weight is 177 g/mol. The van der Waals surface area contributed by atoms with Crippen molar-refractivity contribution in [1.29, 1.82) is 0 Å². The molecule has 0 saturated carbocycles. The van der Waals surface area contributed by atoms with Gasteiger partial charge in [0, 0.05) is 12.8 Å². The maximum Gasteiger partial charge on any atom is 0.133 e. The second kappa shape index (κ2) is 3.53. The van der Waals surface area contributed by atoms with E-state index in [9.17, 15) is 0 Å². The lowest BCUT2D eigenvalue weighted by Crippen LogP contribution is -1.93. The Hall–Kier alpha value is -1.42. The molecule has 4 nitrogen and oxygen atoms in total. The van der Waals surface area contributed by atoms with E-state index in [0.717, 1.165) is 16.9 Å². The van der Waals surface area contributed by atoms with Crippen LogP contribution in [0.3, 0.4) is 0 Å². The highest BCUT2D eigenvalue weighted by atomic mass is 16.5. The van der Waals surface area contributed by atoms with E-state index in [1.807, 2.05) is 13.0 Å². The number of aromatic nitrogens is 3. The zero-order chi connectivity index (χ0) is 9.10. The van der Waals surface area contributed by atoms with Gasteiger partial charge in [0.25, 0.3) is 0 Å². The molecule has 0 aliphatic rings. The van der Waals surface area contributed by atoms with Gasteiger partial charge in [-0.15, -0.1) is 0 Å². The minimum atomic E-state index is 0.533. The lowest BCUT2D eigenvalue weighted by Gasteiger charge is -1.94. The van der Waals surface area contributed by atoms with Crippen LogP contribution in [0, 0.1) is 0 Å². The van der Waals surface area contributed by atoms with Crippen LogP contribution in [0.4, 0.5) is 0 Å². The molecule has 2 aromatic rings. The molecule has 0 amide bonds. The quantitative estimate of drug-likeness (QED) is 0.772. The number of nitrogens with one attached hydrogen (secondary N) is 1. The minimum absolute atomic E-state index is 0.533. The number of rotatable bonds is 3. The third kappa shape index (κ3) is 1.67. The van der Waals surface area contributed by atoms with Gasteiger partial charge >= 0.3 is 0 Å². The van der Waals surface area contributed by atoms with Crippen LogP contribution in [0.5, 0.6) is 0 Å². The van der Waals surface area contributed by atoms with Crippen LogP contribution in [-0.2, 0) is 11.3 Å². The van der Waals surface area contributed by atoms with Crippen LogP contribution in [0.25, 0.3) is 11.0 Å². The van der Waals surface area contributed by atoms with Crippen molar-refractivity contribution in [3.63, 3.8) is 0 Å². The van der Waals surface area contributed by atoms with Crippen molar-refractivity contribution in [2.75, 3.05) is 6.61 Å². The van der Waals surface area contributed by atoms with Gasteiger partial charge in [-0.2, -0.15) is 0 Å². The smallest absolute Gasteiger partial charge is 0.133 e. The normalized spacial score (nSPS) is 10.8. The summed E-state index contributed by atoms with van der Waals surface area (Å²) in [7, 11) is 0. The highest BCUT2D eigenvalue weighted by molar-refractivity contribution is 5.73. The van der Waals surface area contributed by atoms with Gasteiger partial charge in [0.2, 0.25) is 0 Å². The average Bonchev–Trinajstić information content (AvgIpc) is 2.57. The van der Waals surface area contributed by atoms with Gasteiger partial charge < -0.3 is 9.72 Å². The van der Waals surface area contributed by atoms with Crippen LogP contribution in [0.1, 0.15) is 12.7 Å². The number of H-pyrrole nitrogens is 1. The lowest BCUT2D eigenvalue weighted by molar-refractivity contribution is 0.129. The highest BCUT2D eigenvalue weighted by Gasteiger charge is 2.00. The molecule has 0 atom stereocenters. The van der Waals surface area contributed by atoms with Crippen molar-refractivity contribution in [1.82, 2.24) is 15.0 Å². The maximum atomic E-state index is 5.23. The molecule has 0 saturated heterocycles. The SMILES string of the molecule is CCOCc1nc2ccncc2[nH]1. The first kappa shape index (κ1) is 8.19. The summed E-state index contributed by atoms with van der Waals surface area (Å²) in [6.45, 7) is 3.20. The molecule has 0 unspecified atom stereocenters. The van der Waals surface area contributed by atoms with Gasteiger partial charge in [-0.05, 0) is 13.0 Å². The van der Waals surface area contributed by atoms with Gasteiger partial charge in [0.05, 0.1) is 17.2 Å². The summed E-state index contributed by atoms with van der Waals surface area (Å²) in [5, 5.41) is 0. The molecule has 0 aliphatic carbocycles. The number of nitrogens with zero attached hydrogens (tertiary/aromatic N) is 2. The third-order valence-corrected chi connectivity index (χ3v) is 1.78. The van der Waals surface area contributed by atoms with E-state index in [4.69, 9.17) is 4.74 Å². The standard InChI is InChI=1S/C9H11N3O/c1-2-13-6-9-11-7-3-4-10-5-8(7)12-9/h3-5H,2,6H2,1H3,(H,11,12). The van der Waals surface area contributed by atoms with Crippen LogP contribution in [0.15, 0.2) is 18.5 Å². The van der Waals surface area contributed by atoms with E-state index < -0.39 is 0 Å². The number of pyridine rings is 1. The van der Waals surface area contributed by atoms with Crippen molar-refractivity contribution < 1.29 is 4.74 Å². The number of ether oxygens (including phenoxy) is 1. The molecule has 0 radical (unpaired) electrons. The summed E-state index contributed by atoms with van der Waals surface area (Å²) < 4.78 is 5.23. The molecule has 2 aromatic heterocycles. The lowest BCUT2D eigenvalue weighted by atomic mass is 10.4. The zero-order valence-corrected chi connectivity index (χ0v) is 7.45. The Balaban J connectivity index is 2.28. The summed E-state index contributed by atoms with van der Waals surface area (Å²) in [6.07, 6.45) is 3.49. The topological polar surface area (TPSA) is 50.8 Å². The molecule has 0 aromatic carbocycles. The number of fused-ring (bicyclic) bond motifs is 1.